The Hall–Kier alpha value is -0.310. The van der Waals surface area contributed by atoms with Crippen molar-refractivity contribution in [2.45, 2.75) is 122 Å². The van der Waals surface area contributed by atoms with E-state index in [-0.39, 0.29) is 12.0 Å². The van der Waals surface area contributed by atoms with Gasteiger partial charge in [-0.1, -0.05) is 103 Å². The van der Waals surface area contributed by atoms with Crippen molar-refractivity contribution in [1.82, 2.24) is 0 Å². The zero-order valence-electron chi connectivity index (χ0n) is 21.1. The predicted molar refractivity (Wildman–Crippen MR) is 136 cm³/mol. The third kappa shape index (κ3) is 34.3. The van der Waals surface area contributed by atoms with Crippen LogP contribution in [0.3, 0.4) is 0 Å². The van der Waals surface area contributed by atoms with Gasteiger partial charge in [0.25, 0.3) is 0 Å². The molecule has 0 heterocycles. The quantitative estimate of drug-likeness (QED) is 0.131. The second-order valence-electron chi connectivity index (χ2n) is 8.65. The van der Waals surface area contributed by atoms with Gasteiger partial charge in [-0.3, -0.25) is 0 Å². The molecule has 0 amide bonds. The van der Waals surface area contributed by atoms with Crippen molar-refractivity contribution in [2.24, 2.45) is 0 Å². The number of hydrogen-bond donors (Lipinski definition) is 1. The van der Waals surface area contributed by atoms with E-state index in [0.717, 1.165) is 18.6 Å². The summed E-state index contributed by atoms with van der Waals surface area (Å²) in [7, 11) is -3.92. The maximum Gasteiger partial charge on any atom is 0.364 e. The lowest BCUT2D eigenvalue weighted by Gasteiger charge is -2.08. The molecule has 0 aliphatic heterocycles. The van der Waals surface area contributed by atoms with Crippen molar-refractivity contribution in [2.75, 3.05) is 24.9 Å². The molecule has 0 aliphatic rings. The zero-order valence-corrected chi connectivity index (χ0v) is 22.7. The summed E-state index contributed by atoms with van der Waals surface area (Å²) in [4.78, 5) is 11.7. The van der Waals surface area contributed by atoms with Crippen molar-refractivity contribution < 1.29 is 28.2 Å². The molecule has 0 bridgehead atoms. The maximum absolute atomic E-state index is 11.7. The Balaban J connectivity index is 0. The molecule has 0 unspecified atom stereocenters. The molecule has 0 saturated carbocycles. The van der Waals surface area contributed by atoms with E-state index in [4.69, 9.17) is 17.7 Å². The summed E-state index contributed by atoms with van der Waals surface area (Å²) in [5, 5.41) is 0. The number of carbonyl (C=O) groups is 1. The second kappa shape index (κ2) is 25.3. The van der Waals surface area contributed by atoms with Crippen LogP contribution in [0.15, 0.2) is 0 Å². The van der Waals surface area contributed by atoms with Crippen LogP contribution in [-0.2, 0) is 19.6 Å². The van der Waals surface area contributed by atoms with Crippen LogP contribution in [0.4, 0.5) is 0 Å². The van der Waals surface area contributed by atoms with Crippen LogP contribution in [0.5, 0.6) is 0 Å². The molecule has 6 nitrogen and oxygen atoms in total. The van der Waals surface area contributed by atoms with Crippen LogP contribution < -0.4 is 5.73 Å². The number of carbonyl (C=O) groups excluding carboxylic acids is 1. The minimum Gasteiger partial charge on any atom is -0.748 e. The molecule has 0 aliphatic carbocycles. The Kier molecular flexibility index (Phi) is 26.8. The molecule has 0 aromatic carbocycles. The molecule has 32 heavy (non-hydrogen) atoms. The second-order valence-corrected chi connectivity index (χ2v) is 11.0. The van der Waals surface area contributed by atoms with Crippen LogP contribution in [0.25, 0.3) is 0 Å². The van der Waals surface area contributed by atoms with Crippen molar-refractivity contribution in [3.8, 4) is 0 Å². The van der Waals surface area contributed by atoms with Crippen LogP contribution in [-0.4, -0.2) is 49.9 Å². The standard InChI is InChI=1S/C23H47NO2S.CH4O3S/c1-3-4-5-6-7-8-9-10-11-12-13-14-15-16-17-18-20-26-23(25)22(24)19-21-27-2;1-5(2,3)4/h22H,3-21,24H2,1-2H3;1H3,(H,2,3,4)/t22-;/m0./s1. The molecule has 0 radical (unpaired) electrons. The average Bonchev–Trinajstić information content (AvgIpc) is 2.72. The minimum atomic E-state index is -3.92. The molecule has 1 atom stereocenters. The topological polar surface area (TPSA) is 111 Å². The highest BCUT2D eigenvalue weighted by molar-refractivity contribution is 7.98. The smallest absolute Gasteiger partial charge is 0.364 e. The number of thioether (sulfide) groups is 1. The maximum atomic E-state index is 11.7. The molecule has 8 heteroatoms. The van der Waals surface area contributed by atoms with E-state index in [9.17, 15) is 4.79 Å². The largest absolute Gasteiger partial charge is 0.748 e. The molecular formula is C24H51NO5S2. The number of quaternary nitrogens is 1. The molecular weight excluding hydrogens is 446 g/mol. The first kappa shape index (κ1) is 33.9. The normalized spacial score (nSPS) is 12.2. The van der Waals surface area contributed by atoms with Gasteiger partial charge in [0.2, 0.25) is 0 Å². The van der Waals surface area contributed by atoms with E-state index in [0.29, 0.717) is 12.9 Å². The molecule has 0 spiro atoms. The van der Waals surface area contributed by atoms with Gasteiger partial charge in [0.15, 0.2) is 6.04 Å². The summed E-state index contributed by atoms with van der Waals surface area (Å²) in [6.45, 7) is 2.85. The highest BCUT2D eigenvalue weighted by atomic mass is 32.2. The van der Waals surface area contributed by atoms with Crippen LogP contribution in [0.1, 0.15) is 116 Å². The first-order valence-electron chi connectivity index (χ1n) is 12.6. The summed E-state index contributed by atoms with van der Waals surface area (Å²) in [5.74, 6) is 0.854. The zero-order chi connectivity index (χ0) is 24.5. The van der Waals surface area contributed by atoms with Crippen molar-refractivity contribution in [3.05, 3.63) is 0 Å². The van der Waals surface area contributed by atoms with Crippen molar-refractivity contribution in [3.63, 3.8) is 0 Å². The van der Waals surface area contributed by atoms with Gasteiger partial charge in [0.1, 0.15) is 0 Å². The van der Waals surface area contributed by atoms with Crippen LogP contribution in [0.2, 0.25) is 0 Å². The van der Waals surface area contributed by atoms with Gasteiger partial charge in [0, 0.05) is 12.7 Å². The number of esters is 1. The third-order valence-electron chi connectivity index (χ3n) is 5.25. The fourth-order valence-corrected chi connectivity index (χ4v) is 3.84. The van der Waals surface area contributed by atoms with Crippen molar-refractivity contribution in [1.29, 1.82) is 0 Å². The van der Waals surface area contributed by atoms with E-state index < -0.39 is 10.1 Å². The van der Waals surface area contributed by atoms with Crippen LogP contribution >= 0.6 is 11.8 Å². The SMILES string of the molecule is CCCCCCCCCCCCCCCCCCOC(=O)[C@@H]([NH3+])CCSC.CS(=O)(=O)[O-]. The minimum absolute atomic E-state index is 0.120. The lowest BCUT2D eigenvalue weighted by Crippen LogP contribution is -2.65. The Bertz CT molecular complexity index is 493. The molecule has 3 N–H and O–H groups in total. The van der Waals surface area contributed by atoms with E-state index in [1.807, 2.05) is 0 Å². The average molecular weight is 498 g/mol. The van der Waals surface area contributed by atoms with E-state index in [1.165, 1.54) is 96.3 Å². The third-order valence-corrected chi connectivity index (χ3v) is 5.89. The summed E-state index contributed by atoms with van der Waals surface area (Å²) in [6, 6.07) is -0.196. The van der Waals surface area contributed by atoms with Gasteiger partial charge in [0.05, 0.1) is 16.7 Å². The molecule has 0 fully saturated rings. The predicted octanol–water partition coefficient (Wildman–Crippen LogP) is 5.32. The van der Waals surface area contributed by atoms with Crippen LogP contribution in [0, 0.1) is 0 Å². The fourth-order valence-electron chi connectivity index (χ4n) is 3.32. The first-order valence-corrected chi connectivity index (χ1v) is 15.8. The Morgan fingerprint density at radius 2 is 1.19 bits per heavy atom. The van der Waals surface area contributed by atoms with E-state index >= 15 is 0 Å². The number of unbranched alkanes of at least 4 members (excludes halogenated alkanes) is 15. The van der Waals surface area contributed by atoms with Crippen molar-refractivity contribution >= 4 is 27.8 Å². The highest BCUT2D eigenvalue weighted by Crippen LogP contribution is 2.13. The fraction of sp³-hybridized carbons (Fsp3) is 0.958. The summed E-state index contributed by atoms with van der Waals surface area (Å²) >= 11 is 1.75. The molecule has 0 aromatic rings. The van der Waals surface area contributed by atoms with Gasteiger partial charge < -0.3 is 15.0 Å². The highest BCUT2D eigenvalue weighted by Gasteiger charge is 2.17. The summed E-state index contributed by atoms with van der Waals surface area (Å²) in [6.07, 6.45) is 25.3. The Labute approximate surface area is 203 Å². The van der Waals surface area contributed by atoms with Gasteiger partial charge in [-0.15, -0.1) is 0 Å². The number of ether oxygens (including phenoxy) is 1. The number of rotatable bonds is 21. The Morgan fingerprint density at radius 3 is 1.53 bits per heavy atom. The van der Waals surface area contributed by atoms with Gasteiger partial charge in [-0.05, 0) is 18.4 Å². The van der Waals surface area contributed by atoms with E-state index in [2.05, 4.69) is 18.9 Å². The number of hydrogen-bond acceptors (Lipinski definition) is 6. The molecule has 194 valence electrons. The molecule has 0 aromatic heterocycles. The molecule has 0 saturated heterocycles. The van der Waals surface area contributed by atoms with Gasteiger partial charge in [-0.25, -0.2) is 13.2 Å². The summed E-state index contributed by atoms with van der Waals surface area (Å²) < 4.78 is 32.5. The lowest BCUT2D eigenvalue weighted by atomic mass is 10.0. The monoisotopic (exact) mass is 497 g/mol. The summed E-state index contributed by atoms with van der Waals surface area (Å²) in [5.41, 5.74) is 3.88. The molecule has 0 rings (SSSR count). The van der Waals surface area contributed by atoms with Gasteiger partial charge >= 0.3 is 5.97 Å². The van der Waals surface area contributed by atoms with Gasteiger partial charge in [-0.2, -0.15) is 11.8 Å². The van der Waals surface area contributed by atoms with E-state index in [1.54, 1.807) is 11.8 Å². The first-order chi connectivity index (χ1) is 15.2. The lowest BCUT2D eigenvalue weighted by molar-refractivity contribution is -0.408. The Morgan fingerprint density at radius 1 is 0.844 bits per heavy atom.